The highest BCUT2D eigenvalue weighted by Crippen LogP contribution is 2.19. The van der Waals surface area contributed by atoms with E-state index >= 15 is 0 Å². The van der Waals surface area contributed by atoms with Crippen LogP contribution in [0.15, 0.2) is 18.3 Å². The summed E-state index contributed by atoms with van der Waals surface area (Å²) >= 11 is 0. The molecule has 1 unspecified atom stereocenters. The molecule has 0 bridgehead atoms. The van der Waals surface area contributed by atoms with Crippen molar-refractivity contribution in [3.05, 3.63) is 23.9 Å². The van der Waals surface area contributed by atoms with Gasteiger partial charge in [0.15, 0.2) is 6.61 Å². The minimum absolute atomic E-state index is 0.0610. The molecule has 0 saturated carbocycles. The maximum absolute atomic E-state index is 12.3. The van der Waals surface area contributed by atoms with Gasteiger partial charge in [0, 0.05) is 32.4 Å². The Morgan fingerprint density at radius 2 is 2.16 bits per heavy atom. The molecule has 3 rings (SSSR count). The summed E-state index contributed by atoms with van der Waals surface area (Å²) in [4.78, 5) is 30.5. The Kier molecular flexibility index (Phi) is 6.19. The van der Waals surface area contributed by atoms with E-state index in [1.165, 1.54) is 0 Å². The van der Waals surface area contributed by atoms with E-state index in [1.54, 1.807) is 18.3 Å². The predicted octanol–water partition coefficient (Wildman–Crippen LogP) is 0.370. The summed E-state index contributed by atoms with van der Waals surface area (Å²) in [6.07, 6.45) is 3.65. The van der Waals surface area contributed by atoms with E-state index in [4.69, 9.17) is 14.2 Å². The summed E-state index contributed by atoms with van der Waals surface area (Å²) in [5.41, 5.74) is 0.358. The molecule has 0 aromatic carbocycles. The third-order valence-electron chi connectivity index (χ3n) is 4.20. The second kappa shape index (κ2) is 8.77. The van der Waals surface area contributed by atoms with Crippen LogP contribution in [0.1, 0.15) is 23.2 Å². The van der Waals surface area contributed by atoms with Gasteiger partial charge in [-0.15, -0.1) is 0 Å². The molecule has 0 radical (unpaired) electrons. The fraction of sp³-hybridized carbons (Fsp3) is 0.588. The molecule has 8 nitrogen and oxygen atoms in total. The summed E-state index contributed by atoms with van der Waals surface area (Å²) in [5, 5.41) is 2.73. The minimum Gasteiger partial charge on any atom is -0.452 e. The zero-order valence-corrected chi connectivity index (χ0v) is 14.1. The van der Waals surface area contributed by atoms with Gasteiger partial charge in [0.2, 0.25) is 0 Å². The van der Waals surface area contributed by atoms with Crippen LogP contribution in [0.4, 0.5) is 5.82 Å². The molecule has 0 aliphatic carbocycles. The van der Waals surface area contributed by atoms with Crippen molar-refractivity contribution in [3.63, 3.8) is 0 Å². The Labute approximate surface area is 146 Å². The van der Waals surface area contributed by atoms with Crippen LogP contribution in [-0.2, 0) is 19.0 Å². The van der Waals surface area contributed by atoms with Crippen molar-refractivity contribution in [2.45, 2.75) is 18.9 Å². The Morgan fingerprint density at radius 1 is 1.32 bits per heavy atom. The summed E-state index contributed by atoms with van der Waals surface area (Å²) in [7, 11) is 0. The number of nitrogens with one attached hydrogen (secondary N) is 1. The Balaban J connectivity index is 1.51. The quantitative estimate of drug-likeness (QED) is 0.742. The van der Waals surface area contributed by atoms with Crippen LogP contribution in [0, 0.1) is 0 Å². The number of anilines is 1. The first-order valence-electron chi connectivity index (χ1n) is 8.57. The van der Waals surface area contributed by atoms with Crippen LogP contribution in [0.2, 0.25) is 0 Å². The van der Waals surface area contributed by atoms with Gasteiger partial charge in [-0.05, 0) is 25.0 Å². The Bertz CT molecular complexity index is 598. The average Bonchev–Trinajstić information content (AvgIpc) is 3.19. The molecule has 136 valence electrons. The molecule has 1 aromatic heterocycles. The lowest BCUT2D eigenvalue weighted by molar-refractivity contribution is -0.124. The number of amides is 1. The van der Waals surface area contributed by atoms with Crippen LogP contribution in [0.25, 0.3) is 0 Å². The fourth-order valence-corrected chi connectivity index (χ4v) is 2.88. The topological polar surface area (TPSA) is 90.0 Å². The molecule has 8 heteroatoms. The largest absolute Gasteiger partial charge is 0.452 e. The second-order valence-electron chi connectivity index (χ2n) is 5.99. The second-order valence-corrected chi connectivity index (χ2v) is 5.99. The minimum atomic E-state index is -0.554. The van der Waals surface area contributed by atoms with E-state index in [9.17, 15) is 9.59 Å². The van der Waals surface area contributed by atoms with E-state index in [-0.39, 0.29) is 18.6 Å². The number of rotatable bonds is 6. The van der Waals surface area contributed by atoms with Gasteiger partial charge in [-0.25, -0.2) is 9.78 Å². The van der Waals surface area contributed by atoms with Gasteiger partial charge >= 0.3 is 5.97 Å². The first-order valence-corrected chi connectivity index (χ1v) is 8.57. The van der Waals surface area contributed by atoms with Crippen molar-refractivity contribution in [1.82, 2.24) is 10.3 Å². The first-order chi connectivity index (χ1) is 12.2. The molecule has 1 N–H and O–H groups in total. The van der Waals surface area contributed by atoms with Crippen molar-refractivity contribution >= 4 is 17.7 Å². The van der Waals surface area contributed by atoms with E-state index in [2.05, 4.69) is 10.3 Å². The molecule has 3 heterocycles. The summed E-state index contributed by atoms with van der Waals surface area (Å²) in [6.45, 7) is 3.39. The van der Waals surface area contributed by atoms with Gasteiger partial charge in [-0.2, -0.15) is 0 Å². The monoisotopic (exact) mass is 349 g/mol. The smallest absolute Gasteiger partial charge is 0.342 e. The van der Waals surface area contributed by atoms with E-state index in [0.717, 1.165) is 19.4 Å². The number of aromatic nitrogens is 1. The van der Waals surface area contributed by atoms with Gasteiger partial charge in [0.25, 0.3) is 5.91 Å². The summed E-state index contributed by atoms with van der Waals surface area (Å²) < 4.78 is 15.9. The van der Waals surface area contributed by atoms with E-state index < -0.39 is 5.97 Å². The molecule has 2 fully saturated rings. The van der Waals surface area contributed by atoms with Crippen molar-refractivity contribution in [2.75, 3.05) is 51.0 Å². The number of nitrogens with zero attached hydrogens (tertiary/aromatic N) is 2. The van der Waals surface area contributed by atoms with Crippen LogP contribution in [-0.4, -0.2) is 69.0 Å². The number of morpholine rings is 1. The van der Waals surface area contributed by atoms with E-state index in [1.807, 2.05) is 4.90 Å². The van der Waals surface area contributed by atoms with Crippen molar-refractivity contribution in [3.8, 4) is 0 Å². The summed E-state index contributed by atoms with van der Waals surface area (Å²) in [6, 6.07) is 3.34. The Morgan fingerprint density at radius 3 is 2.92 bits per heavy atom. The number of hydrogen-bond donors (Lipinski definition) is 1. The molecule has 25 heavy (non-hydrogen) atoms. The molecule has 2 aliphatic rings. The Hall–Kier alpha value is -2.19. The lowest BCUT2D eigenvalue weighted by Gasteiger charge is -2.28. The highest BCUT2D eigenvalue weighted by Gasteiger charge is 2.22. The molecule has 1 amide bonds. The molecular formula is C17H23N3O5. The molecule has 1 atom stereocenters. The number of carbonyl (C=O) groups is 2. The highest BCUT2D eigenvalue weighted by atomic mass is 16.5. The average molecular weight is 349 g/mol. The van der Waals surface area contributed by atoms with Crippen molar-refractivity contribution < 1.29 is 23.8 Å². The lowest BCUT2D eigenvalue weighted by atomic mass is 10.2. The third kappa shape index (κ3) is 4.90. The van der Waals surface area contributed by atoms with Crippen LogP contribution >= 0.6 is 0 Å². The first kappa shape index (κ1) is 17.6. The number of pyridine rings is 1. The maximum Gasteiger partial charge on any atom is 0.342 e. The highest BCUT2D eigenvalue weighted by molar-refractivity contribution is 5.96. The van der Waals surface area contributed by atoms with Gasteiger partial charge in [0.05, 0.1) is 19.3 Å². The lowest BCUT2D eigenvalue weighted by Crippen LogP contribution is -2.38. The molecule has 2 saturated heterocycles. The molecular weight excluding hydrogens is 326 g/mol. The maximum atomic E-state index is 12.3. The van der Waals surface area contributed by atoms with Crippen LogP contribution in [0.5, 0.6) is 0 Å². The third-order valence-corrected chi connectivity index (χ3v) is 4.20. The number of hydrogen-bond acceptors (Lipinski definition) is 7. The van der Waals surface area contributed by atoms with E-state index in [0.29, 0.717) is 44.2 Å². The number of esters is 1. The van der Waals surface area contributed by atoms with Crippen molar-refractivity contribution in [2.24, 2.45) is 0 Å². The zero-order chi connectivity index (χ0) is 17.5. The number of ether oxygens (including phenoxy) is 3. The van der Waals surface area contributed by atoms with Gasteiger partial charge < -0.3 is 24.4 Å². The predicted molar refractivity (Wildman–Crippen MR) is 89.5 cm³/mol. The summed E-state index contributed by atoms with van der Waals surface area (Å²) in [5.74, 6) is -0.321. The standard InChI is InChI=1S/C17H23N3O5/c21-15(19-11-13-3-2-8-24-13)12-25-17(22)14-4-1-5-18-16(14)20-6-9-23-10-7-20/h1,4-5,13H,2-3,6-12H2,(H,19,21). The number of carbonyl (C=O) groups excluding carboxylic acids is 2. The molecule has 1 aromatic rings. The zero-order valence-electron chi connectivity index (χ0n) is 14.1. The molecule has 0 spiro atoms. The van der Waals surface area contributed by atoms with Gasteiger partial charge in [0.1, 0.15) is 11.4 Å². The SMILES string of the molecule is O=C(COC(=O)c1cccnc1N1CCOCC1)NCC1CCCO1. The van der Waals surface area contributed by atoms with Gasteiger partial charge in [-0.1, -0.05) is 0 Å². The van der Waals surface area contributed by atoms with Gasteiger partial charge in [-0.3, -0.25) is 4.79 Å². The molecule has 2 aliphatic heterocycles. The van der Waals surface area contributed by atoms with Crippen LogP contribution in [0.3, 0.4) is 0 Å². The fourth-order valence-electron chi connectivity index (χ4n) is 2.88. The normalized spacial score (nSPS) is 20.3. The van der Waals surface area contributed by atoms with Crippen molar-refractivity contribution in [1.29, 1.82) is 0 Å². The van der Waals surface area contributed by atoms with Crippen LogP contribution < -0.4 is 10.2 Å².